The second-order valence-electron chi connectivity index (χ2n) is 3.49. The maximum absolute atomic E-state index is 8.93. The Morgan fingerprint density at radius 1 is 1.36 bits per heavy atom. The van der Waals surface area contributed by atoms with Gasteiger partial charge in [-0.15, -0.1) is 0 Å². The summed E-state index contributed by atoms with van der Waals surface area (Å²) in [5.74, 6) is 0. The standard InChI is InChI=1S/C10H13Br2NO/c1-10(13,5-6-14)9-7(11)3-2-4-8(9)12/h2-4,14H,5-6,13H2,1H3. The average molecular weight is 323 g/mol. The topological polar surface area (TPSA) is 46.2 Å². The Morgan fingerprint density at radius 2 is 1.86 bits per heavy atom. The first-order valence-corrected chi connectivity index (χ1v) is 5.92. The molecule has 1 unspecified atom stereocenters. The lowest BCUT2D eigenvalue weighted by molar-refractivity contribution is 0.246. The normalized spacial score (nSPS) is 15.2. The predicted octanol–water partition coefficient (Wildman–Crippen LogP) is 2.77. The van der Waals surface area contributed by atoms with Crippen LogP contribution in [0, 0.1) is 0 Å². The van der Waals surface area contributed by atoms with Crippen LogP contribution >= 0.6 is 31.9 Å². The Labute approximate surface area is 101 Å². The van der Waals surface area contributed by atoms with E-state index in [1.54, 1.807) is 0 Å². The maximum atomic E-state index is 8.93. The second kappa shape index (κ2) is 4.75. The van der Waals surface area contributed by atoms with Gasteiger partial charge in [0.05, 0.1) is 0 Å². The van der Waals surface area contributed by atoms with Crippen molar-refractivity contribution in [2.75, 3.05) is 6.61 Å². The number of benzene rings is 1. The summed E-state index contributed by atoms with van der Waals surface area (Å²) in [4.78, 5) is 0. The van der Waals surface area contributed by atoms with Crippen molar-refractivity contribution in [2.45, 2.75) is 18.9 Å². The van der Waals surface area contributed by atoms with Crippen LogP contribution in [-0.4, -0.2) is 11.7 Å². The molecule has 0 aromatic heterocycles. The van der Waals surface area contributed by atoms with E-state index in [4.69, 9.17) is 10.8 Å². The number of hydrogen-bond acceptors (Lipinski definition) is 2. The fourth-order valence-corrected chi connectivity index (χ4v) is 3.30. The van der Waals surface area contributed by atoms with Crippen molar-refractivity contribution in [3.8, 4) is 0 Å². The zero-order valence-electron chi connectivity index (χ0n) is 7.93. The van der Waals surface area contributed by atoms with Crippen LogP contribution in [-0.2, 0) is 5.54 Å². The largest absolute Gasteiger partial charge is 0.396 e. The van der Waals surface area contributed by atoms with E-state index in [2.05, 4.69) is 31.9 Å². The number of nitrogens with two attached hydrogens (primary N) is 1. The fourth-order valence-electron chi connectivity index (χ4n) is 1.40. The lowest BCUT2D eigenvalue weighted by atomic mass is 9.90. The van der Waals surface area contributed by atoms with Crippen LogP contribution in [0.15, 0.2) is 27.1 Å². The molecule has 1 atom stereocenters. The predicted molar refractivity (Wildman–Crippen MR) is 65.1 cm³/mol. The quantitative estimate of drug-likeness (QED) is 0.899. The summed E-state index contributed by atoms with van der Waals surface area (Å²) in [7, 11) is 0. The van der Waals surface area contributed by atoms with Crippen molar-refractivity contribution < 1.29 is 5.11 Å². The first-order chi connectivity index (χ1) is 6.49. The molecule has 0 amide bonds. The van der Waals surface area contributed by atoms with Gasteiger partial charge in [0.1, 0.15) is 0 Å². The van der Waals surface area contributed by atoms with Crippen LogP contribution in [0.4, 0.5) is 0 Å². The summed E-state index contributed by atoms with van der Waals surface area (Å²) in [6.07, 6.45) is 0.536. The van der Waals surface area contributed by atoms with Crippen molar-refractivity contribution in [1.82, 2.24) is 0 Å². The second-order valence-corrected chi connectivity index (χ2v) is 5.20. The van der Waals surface area contributed by atoms with Crippen LogP contribution in [0.25, 0.3) is 0 Å². The minimum Gasteiger partial charge on any atom is -0.396 e. The molecule has 0 saturated heterocycles. The van der Waals surface area contributed by atoms with Gasteiger partial charge in [0.25, 0.3) is 0 Å². The zero-order valence-corrected chi connectivity index (χ0v) is 11.1. The smallest absolute Gasteiger partial charge is 0.0451 e. The Bertz CT molecular complexity index is 306. The molecule has 2 nitrogen and oxygen atoms in total. The van der Waals surface area contributed by atoms with Gasteiger partial charge in [-0.25, -0.2) is 0 Å². The molecule has 0 aliphatic carbocycles. The van der Waals surface area contributed by atoms with Gasteiger partial charge in [0.2, 0.25) is 0 Å². The van der Waals surface area contributed by atoms with Gasteiger partial charge in [-0.3, -0.25) is 0 Å². The first-order valence-electron chi connectivity index (χ1n) is 4.33. The van der Waals surface area contributed by atoms with E-state index in [1.165, 1.54) is 0 Å². The molecule has 1 aromatic carbocycles. The highest BCUT2D eigenvalue weighted by Gasteiger charge is 2.25. The van der Waals surface area contributed by atoms with Gasteiger partial charge in [-0.1, -0.05) is 37.9 Å². The Kier molecular flexibility index (Phi) is 4.13. The summed E-state index contributed by atoms with van der Waals surface area (Å²) in [6, 6.07) is 5.83. The third-order valence-corrected chi connectivity index (χ3v) is 3.49. The number of aliphatic hydroxyl groups is 1. The minimum atomic E-state index is -0.520. The fraction of sp³-hybridized carbons (Fsp3) is 0.400. The van der Waals surface area contributed by atoms with E-state index >= 15 is 0 Å². The van der Waals surface area contributed by atoms with Crippen molar-refractivity contribution in [1.29, 1.82) is 0 Å². The van der Waals surface area contributed by atoms with Crippen LogP contribution in [0.5, 0.6) is 0 Å². The van der Waals surface area contributed by atoms with E-state index in [0.29, 0.717) is 6.42 Å². The Hall–Kier alpha value is 0.1000. The van der Waals surface area contributed by atoms with Gasteiger partial charge in [-0.2, -0.15) is 0 Å². The molecule has 0 saturated carbocycles. The summed E-state index contributed by atoms with van der Waals surface area (Å²) in [6.45, 7) is 1.99. The van der Waals surface area contributed by atoms with Gasteiger partial charge in [0, 0.05) is 26.7 Å². The van der Waals surface area contributed by atoms with E-state index in [0.717, 1.165) is 14.5 Å². The third kappa shape index (κ3) is 2.57. The SMILES string of the molecule is CC(N)(CCO)c1c(Br)cccc1Br. The summed E-state index contributed by atoms with van der Waals surface area (Å²) in [5, 5.41) is 8.93. The van der Waals surface area contributed by atoms with E-state index in [-0.39, 0.29) is 6.61 Å². The molecule has 0 aliphatic heterocycles. The van der Waals surface area contributed by atoms with E-state index in [1.807, 2.05) is 25.1 Å². The first kappa shape index (κ1) is 12.2. The molecule has 0 spiro atoms. The molecule has 14 heavy (non-hydrogen) atoms. The molecule has 0 fully saturated rings. The lowest BCUT2D eigenvalue weighted by Crippen LogP contribution is -2.34. The maximum Gasteiger partial charge on any atom is 0.0451 e. The highest BCUT2D eigenvalue weighted by Crippen LogP contribution is 2.34. The van der Waals surface area contributed by atoms with E-state index in [9.17, 15) is 0 Å². The summed E-state index contributed by atoms with van der Waals surface area (Å²) < 4.78 is 1.93. The van der Waals surface area contributed by atoms with Crippen molar-refractivity contribution in [2.24, 2.45) is 5.73 Å². The average Bonchev–Trinajstić information content (AvgIpc) is 2.02. The van der Waals surface area contributed by atoms with Crippen molar-refractivity contribution >= 4 is 31.9 Å². The molecule has 1 aromatic rings. The lowest BCUT2D eigenvalue weighted by Gasteiger charge is -2.26. The molecular formula is C10H13Br2NO. The minimum absolute atomic E-state index is 0.0841. The molecule has 0 heterocycles. The van der Waals surface area contributed by atoms with Crippen LogP contribution in [0.1, 0.15) is 18.9 Å². The molecule has 3 N–H and O–H groups in total. The zero-order chi connectivity index (χ0) is 10.8. The highest BCUT2D eigenvalue weighted by atomic mass is 79.9. The monoisotopic (exact) mass is 321 g/mol. The van der Waals surface area contributed by atoms with Gasteiger partial charge in [0.15, 0.2) is 0 Å². The van der Waals surface area contributed by atoms with Crippen LogP contribution in [0.2, 0.25) is 0 Å². The highest BCUT2D eigenvalue weighted by molar-refractivity contribution is 9.11. The molecule has 0 aliphatic rings. The molecule has 0 radical (unpaired) electrons. The number of hydrogen-bond donors (Lipinski definition) is 2. The van der Waals surface area contributed by atoms with Crippen LogP contribution in [0.3, 0.4) is 0 Å². The third-order valence-electron chi connectivity index (χ3n) is 2.17. The number of rotatable bonds is 3. The van der Waals surface area contributed by atoms with Gasteiger partial charge in [-0.05, 0) is 25.5 Å². The number of halogens is 2. The Morgan fingerprint density at radius 3 is 2.29 bits per heavy atom. The van der Waals surface area contributed by atoms with E-state index < -0.39 is 5.54 Å². The summed E-state index contributed by atoms with van der Waals surface area (Å²) in [5.41, 5.74) is 6.60. The number of aliphatic hydroxyl groups excluding tert-OH is 1. The van der Waals surface area contributed by atoms with Crippen molar-refractivity contribution in [3.05, 3.63) is 32.7 Å². The van der Waals surface area contributed by atoms with Crippen molar-refractivity contribution in [3.63, 3.8) is 0 Å². The molecule has 1 rings (SSSR count). The van der Waals surface area contributed by atoms with Gasteiger partial charge < -0.3 is 10.8 Å². The van der Waals surface area contributed by atoms with Gasteiger partial charge >= 0.3 is 0 Å². The summed E-state index contributed by atoms with van der Waals surface area (Å²) >= 11 is 6.92. The van der Waals surface area contributed by atoms with Crippen LogP contribution < -0.4 is 5.73 Å². The molecule has 4 heteroatoms. The molecular weight excluding hydrogens is 310 g/mol. The molecule has 0 bridgehead atoms. The molecule has 78 valence electrons. The Balaban J connectivity index is 3.17.